The van der Waals surface area contributed by atoms with Gasteiger partial charge < -0.3 is 4.90 Å². The van der Waals surface area contributed by atoms with E-state index in [-0.39, 0.29) is 5.41 Å². The zero-order valence-corrected chi connectivity index (χ0v) is 22.3. The van der Waals surface area contributed by atoms with Crippen molar-refractivity contribution in [1.82, 2.24) is 9.29 Å². The summed E-state index contributed by atoms with van der Waals surface area (Å²) in [4.78, 5) is 7.41. The number of thiazole rings is 1. The molecule has 3 aromatic rings. The van der Waals surface area contributed by atoms with Crippen molar-refractivity contribution in [2.75, 3.05) is 31.1 Å². The average Bonchev–Trinajstić information content (AvgIpc) is 3.29. The number of hydrogen-bond acceptors (Lipinski definition) is 5. The van der Waals surface area contributed by atoms with E-state index in [1.165, 1.54) is 11.1 Å². The molecule has 1 aromatic heterocycles. The molecule has 2 aromatic carbocycles. The van der Waals surface area contributed by atoms with Crippen LogP contribution in [0.5, 0.6) is 0 Å². The standard InChI is InChI=1S/C27H35N3O2S2/c1-5-6-21-7-9-22(10-8-21)19-24-20-33-26(28-24)29-15-17-30(18-16-29)34(31,32)25-13-11-23(12-14-25)27(2,3)4/h7-14,20H,5-6,15-19H2,1-4H3. The average molecular weight is 498 g/mol. The lowest BCUT2D eigenvalue weighted by atomic mass is 9.87. The van der Waals surface area contributed by atoms with Crippen molar-refractivity contribution in [3.63, 3.8) is 0 Å². The predicted octanol–water partition coefficient (Wildman–Crippen LogP) is 5.49. The molecule has 0 aliphatic carbocycles. The first-order valence-electron chi connectivity index (χ1n) is 12.0. The highest BCUT2D eigenvalue weighted by Gasteiger charge is 2.29. The van der Waals surface area contributed by atoms with Gasteiger partial charge in [-0.1, -0.05) is 70.5 Å². The first-order chi connectivity index (χ1) is 16.2. The maximum atomic E-state index is 13.2. The second-order valence-electron chi connectivity index (χ2n) is 10.0. The fourth-order valence-corrected chi connectivity index (χ4v) is 6.54. The maximum absolute atomic E-state index is 13.2. The highest BCUT2D eigenvalue weighted by atomic mass is 32.2. The van der Waals surface area contributed by atoms with Gasteiger partial charge in [0.1, 0.15) is 0 Å². The van der Waals surface area contributed by atoms with E-state index in [2.05, 4.69) is 62.2 Å². The van der Waals surface area contributed by atoms with Gasteiger partial charge in [-0.2, -0.15) is 4.31 Å². The molecule has 0 unspecified atom stereocenters. The normalized spacial score (nSPS) is 15.6. The van der Waals surface area contributed by atoms with E-state index in [4.69, 9.17) is 4.98 Å². The van der Waals surface area contributed by atoms with Crippen LogP contribution in [0.3, 0.4) is 0 Å². The largest absolute Gasteiger partial charge is 0.345 e. The predicted molar refractivity (Wildman–Crippen MR) is 141 cm³/mol. The lowest BCUT2D eigenvalue weighted by Crippen LogP contribution is -2.48. The molecule has 182 valence electrons. The van der Waals surface area contributed by atoms with Crippen molar-refractivity contribution in [2.24, 2.45) is 0 Å². The van der Waals surface area contributed by atoms with E-state index in [9.17, 15) is 8.42 Å². The Hall–Kier alpha value is -2.22. The summed E-state index contributed by atoms with van der Waals surface area (Å²) >= 11 is 1.64. The quantitative estimate of drug-likeness (QED) is 0.433. The van der Waals surface area contributed by atoms with Gasteiger partial charge >= 0.3 is 0 Å². The molecule has 0 radical (unpaired) electrons. The highest BCUT2D eigenvalue weighted by Crippen LogP contribution is 2.27. The van der Waals surface area contributed by atoms with Gasteiger partial charge in [0.05, 0.1) is 10.6 Å². The van der Waals surface area contributed by atoms with Crippen LogP contribution in [0.4, 0.5) is 5.13 Å². The van der Waals surface area contributed by atoms with Crippen LogP contribution in [0.15, 0.2) is 58.8 Å². The molecule has 1 saturated heterocycles. The van der Waals surface area contributed by atoms with Crippen LogP contribution in [-0.4, -0.2) is 43.9 Å². The Balaban J connectivity index is 1.36. The number of aryl methyl sites for hydroxylation is 1. The summed E-state index contributed by atoms with van der Waals surface area (Å²) < 4.78 is 27.9. The van der Waals surface area contributed by atoms with Crippen molar-refractivity contribution < 1.29 is 8.42 Å². The van der Waals surface area contributed by atoms with Gasteiger partial charge in [0, 0.05) is 38.0 Å². The Bertz CT molecular complexity index is 1190. The number of nitrogens with zero attached hydrogens (tertiary/aromatic N) is 3. The number of aromatic nitrogens is 1. The summed E-state index contributed by atoms with van der Waals surface area (Å²) in [6, 6.07) is 16.2. The van der Waals surface area contributed by atoms with Crippen LogP contribution in [0, 0.1) is 0 Å². The second-order valence-corrected chi connectivity index (χ2v) is 12.8. The lowest BCUT2D eigenvalue weighted by Gasteiger charge is -2.33. The number of anilines is 1. The van der Waals surface area contributed by atoms with Crippen LogP contribution in [-0.2, 0) is 28.3 Å². The smallest absolute Gasteiger partial charge is 0.243 e. The summed E-state index contributed by atoms with van der Waals surface area (Å²) in [5.41, 5.74) is 4.84. The molecule has 1 aliphatic heterocycles. The zero-order chi connectivity index (χ0) is 24.3. The van der Waals surface area contributed by atoms with Gasteiger partial charge in [0.15, 0.2) is 5.13 Å². The minimum atomic E-state index is -3.48. The molecule has 7 heteroatoms. The van der Waals surface area contributed by atoms with Gasteiger partial charge in [0.25, 0.3) is 0 Å². The van der Waals surface area contributed by atoms with Gasteiger partial charge in [-0.05, 0) is 40.7 Å². The van der Waals surface area contributed by atoms with Crippen LogP contribution < -0.4 is 4.90 Å². The Morgan fingerprint density at radius 3 is 2.12 bits per heavy atom. The van der Waals surface area contributed by atoms with Crippen molar-refractivity contribution in [2.45, 2.75) is 57.3 Å². The number of hydrogen-bond donors (Lipinski definition) is 0. The van der Waals surface area contributed by atoms with Crippen LogP contribution in [0.1, 0.15) is 56.5 Å². The fraction of sp³-hybridized carbons (Fsp3) is 0.444. The first-order valence-corrected chi connectivity index (χ1v) is 14.4. The third kappa shape index (κ3) is 5.70. The lowest BCUT2D eigenvalue weighted by molar-refractivity contribution is 0.384. The van der Waals surface area contributed by atoms with Gasteiger partial charge in [-0.25, -0.2) is 13.4 Å². The van der Waals surface area contributed by atoms with Gasteiger partial charge in [-0.3, -0.25) is 0 Å². The minimum Gasteiger partial charge on any atom is -0.345 e. The van der Waals surface area contributed by atoms with Crippen LogP contribution in [0.25, 0.3) is 0 Å². The Morgan fingerprint density at radius 2 is 1.53 bits per heavy atom. The molecule has 0 spiro atoms. The van der Waals surface area contributed by atoms with Crippen molar-refractivity contribution in [3.05, 3.63) is 76.3 Å². The monoisotopic (exact) mass is 497 g/mol. The van der Waals surface area contributed by atoms with E-state index in [0.29, 0.717) is 31.1 Å². The molecule has 1 fully saturated rings. The molecule has 0 N–H and O–H groups in total. The van der Waals surface area contributed by atoms with E-state index >= 15 is 0 Å². The molecule has 1 aliphatic rings. The third-order valence-electron chi connectivity index (χ3n) is 6.35. The number of benzene rings is 2. The topological polar surface area (TPSA) is 53.5 Å². The van der Waals surface area contributed by atoms with Crippen LogP contribution >= 0.6 is 11.3 Å². The van der Waals surface area contributed by atoms with E-state index in [0.717, 1.165) is 35.7 Å². The SMILES string of the molecule is CCCc1ccc(Cc2csc(N3CCN(S(=O)(=O)c4ccc(C(C)(C)C)cc4)CC3)n2)cc1. The summed E-state index contributed by atoms with van der Waals surface area (Å²) in [6.07, 6.45) is 3.10. The summed E-state index contributed by atoms with van der Waals surface area (Å²) in [6.45, 7) is 10.8. The molecular weight excluding hydrogens is 462 g/mol. The van der Waals surface area contributed by atoms with Crippen molar-refractivity contribution in [1.29, 1.82) is 0 Å². The third-order valence-corrected chi connectivity index (χ3v) is 9.22. The maximum Gasteiger partial charge on any atom is 0.243 e. The summed E-state index contributed by atoms with van der Waals surface area (Å²) in [5, 5.41) is 3.10. The summed E-state index contributed by atoms with van der Waals surface area (Å²) in [5.74, 6) is 0. The molecule has 5 nitrogen and oxygen atoms in total. The Labute approximate surface area is 208 Å². The molecule has 0 atom stereocenters. The minimum absolute atomic E-state index is 0.00101. The van der Waals surface area contributed by atoms with E-state index in [1.807, 2.05) is 12.1 Å². The Morgan fingerprint density at radius 1 is 0.912 bits per heavy atom. The van der Waals surface area contributed by atoms with Crippen molar-refractivity contribution in [3.8, 4) is 0 Å². The first kappa shape index (κ1) is 24.9. The van der Waals surface area contributed by atoms with E-state index in [1.54, 1.807) is 27.8 Å². The fourth-order valence-electron chi connectivity index (χ4n) is 4.24. The number of sulfonamides is 1. The molecule has 4 rings (SSSR count). The second kappa shape index (κ2) is 10.2. The van der Waals surface area contributed by atoms with Gasteiger partial charge in [0.2, 0.25) is 10.0 Å². The molecule has 0 amide bonds. The molecular formula is C27H35N3O2S2. The van der Waals surface area contributed by atoms with Gasteiger partial charge in [-0.15, -0.1) is 11.3 Å². The van der Waals surface area contributed by atoms with E-state index < -0.39 is 10.0 Å². The molecule has 2 heterocycles. The number of piperazine rings is 1. The molecule has 34 heavy (non-hydrogen) atoms. The van der Waals surface area contributed by atoms with Crippen LogP contribution in [0.2, 0.25) is 0 Å². The molecule has 0 saturated carbocycles. The number of rotatable bonds is 7. The summed E-state index contributed by atoms with van der Waals surface area (Å²) in [7, 11) is -3.48. The van der Waals surface area contributed by atoms with Crippen molar-refractivity contribution >= 4 is 26.5 Å². The highest BCUT2D eigenvalue weighted by molar-refractivity contribution is 7.89. The Kier molecular flexibility index (Phi) is 7.45. The zero-order valence-electron chi connectivity index (χ0n) is 20.6. The molecule has 0 bridgehead atoms.